The molecule has 0 aliphatic heterocycles. The summed E-state index contributed by atoms with van der Waals surface area (Å²) in [7, 11) is 1.87. The maximum atomic E-state index is 11.6. The van der Waals surface area contributed by atoms with Crippen LogP contribution >= 0.6 is 0 Å². The zero-order chi connectivity index (χ0) is 10.1. The number of aryl methyl sites for hydroxylation is 1. The molecule has 0 atom stereocenters. The van der Waals surface area contributed by atoms with Gasteiger partial charge in [-0.3, -0.25) is 4.79 Å². The number of carbonyl (C=O) groups excluding carboxylic acids is 1. The lowest BCUT2D eigenvalue weighted by molar-refractivity contribution is -0.114. The highest BCUT2D eigenvalue weighted by Crippen LogP contribution is 2.27. The molecule has 2 rings (SSSR count). The predicted molar refractivity (Wildman–Crippen MR) is 53.8 cm³/mol. The van der Waals surface area contributed by atoms with E-state index in [4.69, 9.17) is 0 Å². The summed E-state index contributed by atoms with van der Waals surface area (Å²) in [6.45, 7) is 0. The van der Waals surface area contributed by atoms with Gasteiger partial charge in [0.05, 0.1) is 11.3 Å². The first-order chi connectivity index (χ1) is 6.70. The maximum absolute atomic E-state index is 11.6. The molecule has 0 amide bonds. The fourth-order valence-corrected chi connectivity index (χ4v) is 1.84. The number of aromatic nitrogens is 1. The van der Waals surface area contributed by atoms with Crippen molar-refractivity contribution in [3.8, 4) is 0 Å². The van der Waals surface area contributed by atoms with Gasteiger partial charge in [0, 0.05) is 26.1 Å². The van der Waals surface area contributed by atoms with Crippen LogP contribution in [-0.4, -0.2) is 15.5 Å². The van der Waals surface area contributed by atoms with E-state index in [0.717, 1.165) is 12.1 Å². The number of carbonyl (C=O) groups is 1. The van der Waals surface area contributed by atoms with Gasteiger partial charge >= 0.3 is 0 Å². The molecule has 0 spiro atoms. The Hall–Kier alpha value is -1.51. The summed E-state index contributed by atoms with van der Waals surface area (Å²) in [4.78, 5) is 11.6. The van der Waals surface area contributed by atoms with Crippen LogP contribution < -0.4 is 0 Å². The molecule has 1 aromatic heterocycles. The van der Waals surface area contributed by atoms with E-state index < -0.39 is 0 Å². The van der Waals surface area contributed by atoms with Crippen molar-refractivity contribution in [2.24, 2.45) is 7.05 Å². The highest BCUT2D eigenvalue weighted by atomic mass is 16.3. The molecule has 1 aliphatic carbocycles. The lowest BCUT2D eigenvalue weighted by Gasteiger charge is -2.15. The molecule has 0 aromatic carbocycles. The number of aliphatic hydroxyl groups is 1. The number of ketones is 1. The van der Waals surface area contributed by atoms with Gasteiger partial charge in [0.1, 0.15) is 5.76 Å². The summed E-state index contributed by atoms with van der Waals surface area (Å²) in [5.74, 6) is 0.290. The Morgan fingerprint density at radius 3 is 2.79 bits per heavy atom. The normalized spacial score (nSPS) is 17.6. The van der Waals surface area contributed by atoms with Crippen LogP contribution in [0.3, 0.4) is 0 Å². The molecule has 1 aliphatic rings. The van der Waals surface area contributed by atoms with Crippen molar-refractivity contribution in [3.63, 3.8) is 0 Å². The summed E-state index contributed by atoms with van der Waals surface area (Å²) in [5, 5.41) is 9.68. The summed E-state index contributed by atoms with van der Waals surface area (Å²) < 4.78 is 1.86. The van der Waals surface area contributed by atoms with E-state index in [1.807, 2.05) is 29.9 Å². The van der Waals surface area contributed by atoms with Crippen LogP contribution in [0.4, 0.5) is 0 Å². The Labute approximate surface area is 82.7 Å². The molecule has 3 nitrogen and oxygen atoms in total. The fraction of sp³-hybridized carbons (Fsp3) is 0.364. The lowest BCUT2D eigenvalue weighted by atomic mass is 9.94. The number of rotatable bonds is 1. The van der Waals surface area contributed by atoms with Gasteiger partial charge < -0.3 is 9.67 Å². The molecule has 0 bridgehead atoms. The maximum Gasteiger partial charge on any atom is 0.168 e. The van der Waals surface area contributed by atoms with Crippen LogP contribution in [0.1, 0.15) is 25.0 Å². The van der Waals surface area contributed by atoms with Gasteiger partial charge in [-0.1, -0.05) is 0 Å². The molecule has 1 aromatic rings. The van der Waals surface area contributed by atoms with Crippen molar-refractivity contribution in [1.82, 2.24) is 4.57 Å². The van der Waals surface area contributed by atoms with E-state index in [1.165, 1.54) is 0 Å². The predicted octanol–water partition coefficient (Wildman–Crippen LogP) is 2.05. The minimum absolute atomic E-state index is 0.0514. The molecule has 1 N–H and O–H groups in total. The SMILES string of the molecule is Cn1cccc1C1=C(O)CCCC1=O. The van der Waals surface area contributed by atoms with E-state index in [0.29, 0.717) is 18.4 Å². The summed E-state index contributed by atoms with van der Waals surface area (Å²) in [6, 6.07) is 3.73. The summed E-state index contributed by atoms with van der Waals surface area (Å²) >= 11 is 0. The molecule has 1 heterocycles. The van der Waals surface area contributed by atoms with Gasteiger partial charge in [-0.05, 0) is 18.6 Å². The average Bonchev–Trinajstić information content (AvgIpc) is 2.52. The number of hydrogen-bond acceptors (Lipinski definition) is 2. The second-order valence-corrected chi connectivity index (χ2v) is 3.60. The van der Waals surface area contributed by atoms with Gasteiger partial charge in [-0.2, -0.15) is 0 Å². The third-order valence-corrected chi connectivity index (χ3v) is 2.58. The van der Waals surface area contributed by atoms with Crippen molar-refractivity contribution in [3.05, 3.63) is 29.8 Å². The molecule has 0 radical (unpaired) electrons. The van der Waals surface area contributed by atoms with Gasteiger partial charge in [0.25, 0.3) is 0 Å². The van der Waals surface area contributed by atoms with E-state index in [-0.39, 0.29) is 11.5 Å². The Balaban J connectivity index is 2.51. The fourth-order valence-electron chi connectivity index (χ4n) is 1.84. The van der Waals surface area contributed by atoms with Crippen molar-refractivity contribution in [2.45, 2.75) is 19.3 Å². The van der Waals surface area contributed by atoms with E-state index in [2.05, 4.69) is 0 Å². The summed E-state index contributed by atoms with van der Waals surface area (Å²) in [6.07, 6.45) is 3.80. The van der Waals surface area contributed by atoms with Gasteiger partial charge in [0.15, 0.2) is 5.78 Å². The Bertz CT molecular complexity index is 401. The molecule has 0 fully saturated rings. The second kappa shape index (κ2) is 3.33. The third kappa shape index (κ3) is 1.35. The zero-order valence-corrected chi connectivity index (χ0v) is 8.16. The molecule has 3 heteroatoms. The molecule has 74 valence electrons. The van der Waals surface area contributed by atoms with Gasteiger partial charge in [-0.15, -0.1) is 0 Å². The minimum atomic E-state index is 0.0514. The third-order valence-electron chi connectivity index (χ3n) is 2.58. The van der Waals surface area contributed by atoms with E-state index in [9.17, 15) is 9.90 Å². The van der Waals surface area contributed by atoms with Crippen molar-refractivity contribution < 1.29 is 9.90 Å². The number of allylic oxidation sites excluding steroid dienone is 2. The van der Waals surface area contributed by atoms with Crippen molar-refractivity contribution in [2.75, 3.05) is 0 Å². The van der Waals surface area contributed by atoms with Crippen molar-refractivity contribution >= 4 is 11.4 Å². The quantitative estimate of drug-likeness (QED) is 0.738. The Kier molecular flexibility index (Phi) is 2.15. The molecular formula is C11H13NO2. The van der Waals surface area contributed by atoms with Crippen LogP contribution in [0.25, 0.3) is 5.57 Å². The van der Waals surface area contributed by atoms with Gasteiger partial charge in [-0.25, -0.2) is 0 Å². The topological polar surface area (TPSA) is 42.2 Å². The van der Waals surface area contributed by atoms with Crippen LogP contribution in [-0.2, 0) is 11.8 Å². The first kappa shape index (κ1) is 9.06. The van der Waals surface area contributed by atoms with Crippen LogP contribution in [0, 0.1) is 0 Å². The number of nitrogens with zero attached hydrogens (tertiary/aromatic N) is 1. The van der Waals surface area contributed by atoms with Crippen molar-refractivity contribution in [1.29, 1.82) is 0 Å². The standard InChI is InChI=1S/C11H13NO2/c1-12-7-3-4-8(12)11-9(13)5-2-6-10(11)14/h3-4,7,13H,2,5-6H2,1H3. The zero-order valence-electron chi connectivity index (χ0n) is 8.16. The number of hydrogen-bond donors (Lipinski definition) is 1. The smallest absolute Gasteiger partial charge is 0.168 e. The second-order valence-electron chi connectivity index (χ2n) is 3.60. The molecule has 0 saturated carbocycles. The number of Topliss-reactive ketones (excluding diaryl/α,β-unsaturated/α-hetero) is 1. The average molecular weight is 191 g/mol. The molecular weight excluding hydrogens is 178 g/mol. The Morgan fingerprint density at radius 1 is 1.43 bits per heavy atom. The molecule has 0 saturated heterocycles. The first-order valence-electron chi connectivity index (χ1n) is 4.77. The summed E-state index contributed by atoms with van der Waals surface area (Å²) in [5.41, 5.74) is 1.32. The van der Waals surface area contributed by atoms with Crippen LogP contribution in [0.2, 0.25) is 0 Å². The first-order valence-corrected chi connectivity index (χ1v) is 4.77. The van der Waals surface area contributed by atoms with Crippen LogP contribution in [0.15, 0.2) is 24.1 Å². The molecule has 14 heavy (non-hydrogen) atoms. The van der Waals surface area contributed by atoms with Crippen LogP contribution in [0.5, 0.6) is 0 Å². The minimum Gasteiger partial charge on any atom is -0.511 e. The van der Waals surface area contributed by atoms with E-state index in [1.54, 1.807) is 0 Å². The van der Waals surface area contributed by atoms with E-state index >= 15 is 0 Å². The number of aliphatic hydroxyl groups excluding tert-OH is 1. The highest BCUT2D eigenvalue weighted by molar-refractivity contribution is 6.21. The largest absolute Gasteiger partial charge is 0.511 e. The van der Waals surface area contributed by atoms with Gasteiger partial charge in [0.2, 0.25) is 0 Å². The monoisotopic (exact) mass is 191 g/mol. The Morgan fingerprint density at radius 2 is 2.21 bits per heavy atom. The lowest BCUT2D eigenvalue weighted by Crippen LogP contribution is -2.12. The highest BCUT2D eigenvalue weighted by Gasteiger charge is 2.22. The molecule has 0 unspecified atom stereocenters.